The maximum absolute atomic E-state index is 6.12. The molecule has 0 saturated heterocycles. The Labute approximate surface area is 172 Å². The van der Waals surface area contributed by atoms with Crippen LogP contribution >= 0.6 is 11.8 Å². The van der Waals surface area contributed by atoms with E-state index in [-0.39, 0.29) is 5.41 Å². The Kier molecular flexibility index (Phi) is 5.06. The normalized spacial score (nSPS) is 11.7. The van der Waals surface area contributed by atoms with Crippen molar-refractivity contribution in [2.75, 3.05) is 5.84 Å². The molecule has 0 bridgehead atoms. The van der Waals surface area contributed by atoms with Crippen molar-refractivity contribution in [3.05, 3.63) is 60.2 Å². The van der Waals surface area contributed by atoms with Crippen LogP contribution in [0.25, 0.3) is 22.8 Å². The fourth-order valence-electron chi connectivity index (χ4n) is 2.74. The first-order valence-electron chi connectivity index (χ1n) is 9.09. The smallest absolute Gasteiger partial charge is 0.237 e. The van der Waals surface area contributed by atoms with Gasteiger partial charge in [0.25, 0.3) is 0 Å². The molecule has 0 saturated carbocycles. The predicted octanol–water partition coefficient (Wildman–Crippen LogP) is 3.69. The number of hydrogen-bond acceptors (Lipinski definition) is 8. The Balaban J connectivity index is 1.45. The van der Waals surface area contributed by atoms with Gasteiger partial charge in [0.15, 0.2) is 5.82 Å². The number of nitrogen functional groups attached to an aromatic ring is 1. The Bertz CT molecular complexity index is 1100. The molecule has 4 aromatic rings. The van der Waals surface area contributed by atoms with Crippen molar-refractivity contribution in [1.29, 1.82) is 0 Å². The fraction of sp³-hybridized carbons (Fsp3) is 0.250. The molecule has 8 nitrogen and oxygen atoms in total. The monoisotopic (exact) mass is 407 g/mol. The summed E-state index contributed by atoms with van der Waals surface area (Å²) in [7, 11) is 0. The predicted molar refractivity (Wildman–Crippen MR) is 111 cm³/mol. The van der Waals surface area contributed by atoms with E-state index in [2.05, 4.69) is 58.2 Å². The topological polar surface area (TPSA) is 109 Å². The molecule has 0 spiro atoms. The molecule has 0 fully saturated rings. The SMILES string of the molecule is CC(C)(C)c1ccc(-c2noc(CSc3nnc(-c4cccnc4)n3N)n2)cc1. The quantitative estimate of drug-likeness (QED) is 0.394. The summed E-state index contributed by atoms with van der Waals surface area (Å²) in [5.74, 6) is 8.17. The minimum Gasteiger partial charge on any atom is -0.338 e. The van der Waals surface area contributed by atoms with Crippen LogP contribution in [0.4, 0.5) is 0 Å². The summed E-state index contributed by atoms with van der Waals surface area (Å²) < 4.78 is 6.81. The second kappa shape index (κ2) is 7.67. The van der Waals surface area contributed by atoms with Gasteiger partial charge in [-0.05, 0) is 23.1 Å². The van der Waals surface area contributed by atoms with E-state index in [4.69, 9.17) is 10.4 Å². The highest BCUT2D eigenvalue weighted by molar-refractivity contribution is 7.98. The van der Waals surface area contributed by atoms with E-state index in [1.165, 1.54) is 22.0 Å². The standard InChI is InChI=1S/C20H21N7OS/c1-20(2,3)15-8-6-13(7-9-15)17-23-16(28-26-17)12-29-19-25-24-18(27(19)21)14-5-4-10-22-11-14/h4-11H,12,21H2,1-3H3. The first-order chi connectivity index (χ1) is 13.9. The van der Waals surface area contributed by atoms with E-state index in [0.29, 0.717) is 28.4 Å². The minimum atomic E-state index is 0.102. The molecule has 3 heterocycles. The van der Waals surface area contributed by atoms with E-state index in [1.807, 2.05) is 24.3 Å². The molecule has 0 amide bonds. The van der Waals surface area contributed by atoms with E-state index in [1.54, 1.807) is 12.4 Å². The second-order valence-electron chi connectivity index (χ2n) is 7.55. The molecule has 29 heavy (non-hydrogen) atoms. The number of benzene rings is 1. The molecule has 148 valence electrons. The largest absolute Gasteiger partial charge is 0.338 e. The van der Waals surface area contributed by atoms with Crippen LogP contribution in [0.1, 0.15) is 32.2 Å². The minimum absolute atomic E-state index is 0.102. The van der Waals surface area contributed by atoms with Crippen LogP contribution in [0.3, 0.4) is 0 Å². The highest BCUT2D eigenvalue weighted by Crippen LogP contribution is 2.27. The Morgan fingerprint density at radius 2 is 1.86 bits per heavy atom. The van der Waals surface area contributed by atoms with E-state index in [0.717, 1.165) is 11.1 Å². The van der Waals surface area contributed by atoms with Gasteiger partial charge >= 0.3 is 0 Å². The number of aromatic nitrogens is 6. The lowest BCUT2D eigenvalue weighted by Crippen LogP contribution is -2.11. The molecular formula is C20H21N7OS. The Hall–Kier alpha value is -3.20. The highest BCUT2D eigenvalue weighted by atomic mass is 32.2. The van der Waals surface area contributed by atoms with Gasteiger partial charge in [0, 0.05) is 23.5 Å². The van der Waals surface area contributed by atoms with Gasteiger partial charge in [0.05, 0.1) is 5.75 Å². The zero-order valence-corrected chi connectivity index (χ0v) is 17.2. The summed E-state index contributed by atoms with van der Waals surface area (Å²) in [5.41, 5.74) is 3.07. The number of hydrogen-bond donors (Lipinski definition) is 1. The van der Waals surface area contributed by atoms with E-state index >= 15 is 0 Å². The summed E-state index contributed by atoms with van der Waals surface area (Å²) in [6.45, 7) is 6.55. The van der Waals surface area contributed by atoms with E-state index < -0.39 is 0 Å². The zero-order valence-electron chi connectivity index (χ0n) is 16.4. The van der Waals surface area contributed by atoms with Crippen molar-refractivity contribution in [3.8, 4) is 22.8 Å². The molecule has 0 aliphatic heterocycles. The van der Waals surface area contributed by atoms with Gasteiger partial charge < -0.3 is 10.4 Å². The summed E-state index contributed by atoms with van der Waals surface area (Å²) in [5, 5.41) is 12.9. The number of thioether (sulfide) groups is 1. The van der Waals surface area contributed by atoms with Gasteiger partial charge in [-0.25, -0.2) is 4.68 Å². The number of nitrogens with zero attached hydrogens (tertiary/aromatic N) is 6. The van der Waals surface area contributed by atoms with Crippen molar-refractivity contribution in [1.82, 2.24) is 30.0 Å². The molecule has 0 unspecified atom stereocenters. The third-order valence-corrected chi connectivity index (χ3v) is 5.31. The maximum atomic E-state index is 6.12. The molecule has 1 aromatic carbocycles. The van der Waals surface area contributed by atoms with Gasteiger partial charge in [0.1, 0.15) is 0 Å². The van der Waals surface area contributed by atoms with Gasteiger partial charge in [-0.2, -0.15) is 4.98 Å². The van der Waals surface area contributed by atoms with Crippen LogP contribution in [0.15, 0.2) is 58.5 Å². The molecule has 3 aromatic heterocycles. The Morgan fingerprint density at radius 1 is 1.07 bits per heavy atom. The van der Waals surface area contributed by atoms with Crippen molar-refractivity contribution < 1.29 is 4.52 Å². The Morgan fingerprint density at radius 3 is 2.55 bits per heavy atom. The third-order valence-electron chi connectivity index (χ3n) is 4.39. The molecule has 4 rings (SSSR count). The lowest BCUT2D eigenvalue weighted by Gasteiger charge is -2.18. The fourth-order valence-corrected chi connectivity index (χ4v) is 3.44. The van der Waals surface area contributed by atoms with Crippen LogP contribution in [-0.2, 0) is 11.2 Å². The number of pyridine rings is 1. The maximum Gasteiger partial charge on any atom is 0.237 e. The van der Waals surface area contributed by atoms with Crippen molar-refractivity contribution in [2.45, 2.75) is 37.1 Å². The lowest BCUT2D eigenvalue weighted by atomic mass is 9.87. The van der Waals surface area contributed by atoms with Crippen LogP contribution in [0, 0.1) is 0 Å². The van der Waals surface area contributed by atoms with Gasteiger partial charge in [-0.3, -0.25) is 4.98 Å². The summed E-state index contributed by atoms with van der Waals surface area (Å²) in [6.07, 6.45) is 3.39. The van der Waals surface area contributed by atoms with Crippen LogP contribution in [0.5, 0.6) is 0 Å². The average Bonchev–Trinajstić information content (AvgIpc) is 3.33. The first kappa shape index (κ1) is 19.1. The lowest BCUT2D eigenvalue weighted by molar-refractivity contribution is 0.391. The molecule has 0 atom stereocenters. The second-order valence-corrected chi connectivity index (χ2v) is 8.49. The summed E-state index contributed by atoms with van der Waals surface area (Å²) in [6, 6.07) is 11.9. The van der Waals surface area contributed by atoms with Crippen molar-refractivity contribution >= 4 is 11.8 Å². The molecule has 0 aliphatic rings. The van der Waals surface area contributed by atoms with Gasteiger partial charge in [-0.1, -0.05) is 62.0 Å². The highest BCUT2D eigenvalue weighted by Gasteiger charge is 2.16. The first-order valence-corrected chi connectivity index (χ1v) is 10.1. The number of rotatable bonds is 5. The molecule has 0 aliphatic carbocycles. The molecule has 2 N–H and O–H groups in total. The average molecular weight is 408 g/mol. The summed E-state index contributed by atoms with van der Waals surface area (Å²) >= 11 is 1.38. The van der Waals surface area contributed by atoms with E-state index in [9.17, 15) is 0 Å². The van der Waals surface area contributed by atoms with Crippen LogP contribution in [-0.4, -0.2) is 30.0 Å². The van der Waals surface area contributed by atoms with Crippen molar-refractivity contribution in [2.24, 2.45) is 0 Å². The third kappa shape index (κ3) is 4.14. The zero-order chi connectivity index (χ0) is 20.4. The molecular weight excluding hydrogens is 386 g/mol. The number of nitrogens with two attached hydrogens (primary N) is 1. The van der Waals surface area contributed by atoms with Crippen LogP contribution < -0.4 is 5.84 Å². The molecule has 9 heteroatoms. The van der Waals surface area contributed by atoms with Crippen LogP contribution in [0.2, 0.25) is 0 Å². The van der Waals surface area contributed by atoms with Crippen molar-refractivity contribution in [3.63, 3.8) is 0 Å². The summed E-state index contributed by atoms with van der Waals surface area (Å²) in [4.78, 5) is 8.55. The van der Waals surface area contributed by atoms with Gasteiger partial charge in [-0.15, -0.1) is 10.2 Å². The molecule has 0 radical (unpaired) electrons. The van der Waals surface area contributed by atoms with Gasteiger partial charge in [0.2, 0.25) is 16.9 Å².